The third-order valence-electron chi connectivity index (χ3n) is 3.89. The highest BCUT2D eigenvalue weighted by molar-refractivity contribution is 7.99. The van der Waals surface area contributed by atoms with Crippen LogP contribution in [-0.4, -0.2) is 37.1 Å². The van der Waals surface area contributed by atoms with Crippen molar-refractivity contribution in [1.29, 1.82) is 0 Å². The van der Waals surface area contributed by atoms with Gasteiger partial charge in [-0.1, -0.05) is 11.8 Å². The average Bonchev–Trinajstić information content (AvgIpc) is 3.27. The Morgan fingerprint density at radius 2 is 2.16 bits per heavy atom. The van der Waals surface area contributed by atoms with Crippen LogP contribution < -0.4 is 0 Å². The van der Waals surface area contributed by atoms with Crippen LogP contribution in [0.2, 0.25) is 0 Å². The van der Waals surface area contributed by atoms with Crippen LogP contribution in [0, 0.1) is 13.8 Å². The molecule has 0 amide bonds. The van der Waals surface area contributed by atoms with Gasteiger partial charge in [-0.2, -0.15) is 0 Å². The molecular weight excluding hydrogens is 340 g/mol. The topological polar surface area (TPSA) is 93.8 Å². The zero-order chi connectivity index (χ0) is 18.0. The Kier molecular flexibility index (Phi) is 4.89. The zero-order valence-electron chi connectivity index (χ0n) is 14.2. The Morgan fingerprint density at radius 3 is 2.80 bits per heavy atom. The maximum absolute atomic E-state index is 12.5. The van der Waals surface area contributed by atoms with Crippen molar-refractivity contribution in [2.45, 2.75) is 32.5 Å². The predicted octanol–water partition coefficient (Wildman–Crippen LogP) is 3.04. The van der Waals surface area contributed by atoms with Crippen LogP contribution in [0.25, 0.3) is 0 Å². The SMILES string of the molecule is CC(=O)c1c(C)[nH]c(C(=O)CSc2nncn2Cc2ccco2)c1C. The molecule has 8 heteroatoms. The molecule has 3 aromatic heterocycles. The first-order valence-electron chi connectivity index (χ1n) is 7.73. The number of thioether (sulfide) groups is 1. The summed E-state index contributed by atoms with van der Waals surface area (Å²) in [6.07, 6.45) is 3.21. The number of nitrogens with zero attached hydrogens (tertiary/aromatic N) is 3. The lowest BCUT2D eigenvalue weighted by Crippen LogP contribution is -2.07. The number of nitrogens with one attached hydrogen (secondary N) is 1. The molecule has 1 N–H and O–H groups in total. The minimum absolute atomic E-state index is 0.0452. The van der Waals surface area contributed by atoms with Gasteiger partial charge < -0.3 is 14.0 Å². The summed E-state index contributed by atoms with van der Waals surface area (Å²) in [6.45, 7) is 5.60. The fraction of sp³-hybridized carbons (Fsp3) is 0.294. The number of rotatable bonds is 7. The molecule has 0 saturated heterocycles. The zero-order valence-corrected chi connectivity index (χ0v) is 15.0. The molecule has 0 atom stereocenters. The van der Waals surface area contributed by atoms with Gasteiger partial charge in [0.15, 0.2) is 16.7 Å². The smallest absolute Gasteiger partial charge is 0.191 e. The molecule has 0 aliphatic rings. The fourth-order valence-corrected chi connectivity index (χ4v) is 3.58. The van der Waals surface area contributed by atoms with Gasteiger partial charge in [-0.25, -0.2) is 0 Å². The van der Waals surface area contributed by atoms with Crippen LogP contribution >= 0.6 is 11.8 Å². The summed E-state index contributed by atoms with van der Waals surface area (Å²) in [6, 6.07) is 3.69. The van der Waals surface area contributed by atoms with Crippen LogP contribution in [0.15, 0.2) is 34.3 Å². The van der Waals surface area contributed by atoms with Crippen molar-refractivity contribution in [1.82, 2.24) is 19.7 Å². The standard InChI is InChI=1S/C17H18N4O3S/c1-10-15(12(3)22)11(2)19-16(10)14(23)8-25-17-20-18-9-21(17)7-13-5-4-6-24-13/h4-6,9,19H,7-8H2,1-3H3. The second kappa shape index (κ2) is 7.10. The molecule has 3 rings (SSSR count). The number of aromatic nitrogens is 4. The number of carbonyl (C=O) groups is 2. The molecule has 0 bridgehead atoms. The molecule has 0 unspecified atom stereocenters. The number of Topliss-reactive ketones (excluding diaryl/α,β-unsaturated/α-hetero) is 2. The summed E-state index contributed by atoms with van der Waals surface area (Å²) in [5.41, 5.74) is 2.49. The molecule has 3 aromatic rings. The molecule has 7 nitrogen and oxygen atoms in total. The van der Waals surface area contributed by atoms with E-state index in [1.165, 1.54) is 18.7 Å². The first-order chi connectivity index (χ1) is 12.0. The van der Waals surface area contributed by atoms with Gasteiger partial charge in [0.2, 0.25) is 0 Å². The summed E-state index contributed by atoms with van der Waals surface area (Å²) in [5, 5.41) is 8.59. The molecule has 0 fully saturated rings. The summed E-state index contributed by atoms with van der Waals surface area (Å²) in [5.74, 6) is 0.867. The van der Waals surface area contributed by atoms with Gasteiger partial charge in [-0.05, 0) is 38.5 Å². The normalized spacial score (nSPS) is 11.0. The third kappa shape index (κ3) is 3.58. The molecule has 0 radical (unpaired) electrons. The van der Waals surface area contributed by atoms with E-state index in [4.69, 9.17) is 4.42 Å². The van der Waals surface area contributed by atoms with Gasteiger partial charge in [0, 0.05) is 11.3 Å². The number of carbonyl (C=O) groups excluding carboxylic acids is 2. The van der Waals surface area contributed by atoms with Crippen LogP contribution in [0.4, 0.5) is 0 Å². The Balaban J connectivity index is 1.71. The molecule has 0 aliphatic carbocycles. The summed E-state index contributed by atoms with van der Waals surface area (Å²) < 4.78 is 7.15. The van der Waals surface area contributed by atoms with Crippen LogP contribution in [0.1, 0.15) is 44.8 Å². The van der Waals surface area contributed by atoms with Gasteiger partial charge >= 0.3 is 0 Å². The quantitative estimate of drug-likeness (QED) is 0.515. The molecule has 0 saturated carbocycles. The fourth-order valence-electron chi connectivity index (χ4n) is 2.79. The van der Waals surface area contributed by atoms with Crippen molar-refractivity contribution in [3.8, 4) is 0 Å². The van der Waals surface area contributed by atoms with E-state index < -0.39 is 0 Å². The number of H-pyrrole nitrogens is 1. The molecule has 25 heavy (non-hydrogen) atoms. The second-order valence-corrected chi connectivity index (χ2v) is 6.66. The minimum Gasteiger partial charge on any atom is -0.467 e. The van der Waals surface area contributed by atoms with Gasteiger partial charge in [-0.15, -0.1) is 10.2 Å². The monoisotopic (exact) mass is 358 g/mol. The van der Waals surface area contributed by atoms with E-state index in [9.17, 15) is 9.59 Å². The number of aryl methyl sites for hydroxylation is 1. The van der Waals surface area contributed by atoms with E-state index >= 15 is 0 Å². The number of hydrogen-bond acceptors (Lipinski definition) is 6. The molecule has 3 heterocycles. The lowest BCUT2D eigenvalue weighted by molar-refractivity contribution is 0.101. The van der Waals surface area contributed by atoms with Crippen molar-refractivity contribution in [2.75, 3.05) is 5.75 Å². The van der Waals surface area contributed by atoms with E-state index in [1.807, 2.05) is 16.7 Å². The van der Waals surface area contributed by atoms with Gasteiger partial charge in [-0.3, -0.25) is 9.59 Å². The molecule has 0 spiro atoms. The molecular formula is C17H18N4O3S. The third-order valence-corrected chi connectivity index (χ3v) is 4.87. The second-order valence-electron chi connectivity index (χ2n) is 5.71. The Hall–Kier alpha value is -2.61. The number of furan rings is 1. The van der Waals surface area contributed by atoms with Crippen molar-refractivity contribution in [2.24, 2.45) is 0 Å². The van der Waals surface area contributed by atoms with Crippen LogP contribution in [0.3, 0.4) is 0 Å². The highest BCUT2D eigenvalue weighted by Gasteiger charge is 2.20. The largest absolute Gasteiger partial charge is 0.467 e. The average molecular weight is 358 g/mol. The van der Waals surface area contributed by atoms with E-state index in [0.29, 0.717) is 28.5 Å². The number of aromatic amines is 1. The Labute approximate surface area is 148 Å². The maximum Gasteiger partial charge on any atom is 0.191 e. The van der Waals surface area contributed by atoms with E-state index in [1.54, 1.807) is 26.4 Å². The summed E-state index contributed by atoms with van der Waals surface area (Å²) in [4.78, 5) is 27.3. The lowest BCUT2D eigenvalue weighted by atomic mass is 10.1. The van der Waals surface area contributed by atoms with E-state index in [-0.39, 0.29) is 17.3 Å². The maximum atomic E-state index is 12.5. The summed E-state index contributed by atoms with van der Waals surface area (Å²) >= 11 is 1.30. The highest BCUT2D eigenvalue weighted by Crippen LogP contribution is 2.22. The van der Waals surface area contributed by atoms with Crippen LogP contribution in [0.5, 0.6) is 0 Å². The van der Waals surface area contributed by atoms with Crippen LogP contribution in [-0.2, 0) is 6.54 Å². The van der Waals surface area contributed by atoms with Crippen molar-refractivity contribution in [3.05, 3.63) is 53.0 Å². The predicted molar refractivity (Wildman–Crippen MR) is 93.2 cm³/mol. The van der Waals surface area contributed by atoms with E-state index in [2.05, 4.69) is 15.2 Å². The minimum atomic E-state index is -0.0781. The molecule has 0 aromatic carbocycles. The van der Waals surface area contributed by atoms with Crippen molar-refractivity contribution >= 4 is 23.3 Å². The lowest BCUT2D eigenvalue weighted by Gasteiger charge is -2.04. The van der Waals surface area contributed by atoms with Gasteiger partial charge in [0.25, 0.3) is 0 Å². The molecule has 130 valence electrons. The van der Waals surface area contributed by atoms with Gasteiger partial charge in [0.05, 0.1) is 24.3 Å². The highest BCUT2D eigenvalue weighted by atomic mass is 32.2. The van der Waals surface area contributed by atoms with Crippen molar-refractivity contribution in [3.63, 3.8) is 0 Å². The summed E-state index contributed by atoms with van der Waals surface area (Å²) in [7, 11) is 0. The number of ketones is 2. The van der Waals surface area contributed by atoms with Crippen molar-refractivity contribution < 1.29 is 14.0 Å². The first kappa shape index (κ1) is 17.2. The van der Waals surface area contributed by atoms with Gasteiger partial charge in [0.1, 0.15) is 12.1 Å². The Morgan fingerprint density at radius 1 is 1.36 bits per heavy atom. The molecule has 0 aliphatic heterocycles. The first-order valence-corrected chi connectivity index (χ1v) is 8.72. The number of hydrogen-bond donors (Lipinski definition) is 1. The Bertz CT molecular complexity index is 909. The van der Waals surface area contributed by atoms with E-state index in [0.717, 1.165) is 11.5 Å².